The van der Waals surface area contributed by atoms with Crippen molar-refractivity contribution in [1.29, 1.82) is 0 Å². The van der Waals surface area contributed by atoms with Crippen molar-refractivity contribution in [3.05, 3.63) is 23.8 Å². The first-order valence-electron chi connectivity index (χ1n) is 6.65. The third kappa shape index (κ3) is 4.77. The van der Waals surface area contributed by atoms with E-state index in [1.807, 2.05) is 18.2 Å². The van der Waals surface area contributed by atoms with Gasteiger partial charge in [0, 0.05) is 11.6 Å². The van der Waals surface area contributed by atoms with Crippen molar-refractivity contribution in [2.75, 3.05) is 13.2 Å². The summed E-state index contributed by atoms with van der Waals surface area (Å²) in [5.74, 6) is 2.71. The molecule has 0 amide bonds. The van der Waals surface area contributed by atoms with Gasteiger partial charge in [0.1, 0.15) is 11.5 Å². The molecule has 1 rings (SSSR count). The molecule has 0 aromatic heterocycles. The molecule has 0 radical (unpaired) electrons. The molecular formula is C15H23ClO2. The lowest BCUT2D eigenvalue weighted by molar-refractivity contribution is 0.252. The molecule has 0 saturated heterocycles. The lowest BCUT2D eigenvalue weighted by Gasteiger charge is -2.15. The van der Waals surface area contributed by atoms with Crippen LogP contribution in [0.3, 0.4) is 0 Å². The molecule has 0 saturated carbocycles. The number of hydrogen-bond acceptors (Lipinski definition) is 2. The highest BCUT2D eigenvalue weighted by atomic mass is 35.5. The highest BCUT2D eigenvalue weighted by molar-refractivity contribution is 6.17. The Bertz CT molecular complexity index is 352. The second kappa shape index (κ2) is 8.25. The van der Waals surface area contributed by atoms with Crippen molar-refractivity contribution in [2.45, 2.75) is 39.5 Å². The topological polar surface area (TPSA) is 18.5 Å². The lowest BCUT2D eigenvalue weighted by atomic mass is 10.1. The number of rotatable bonds is 8. The second-order valence-corrected chi connectivity index (χ2v) is 4.84. The zero-order valence-electron chi connectivity index (χ0n) is 11.5. The zero-order valence-corrected chi connectivity index (χ0v) is 12.3. The Labute approximate surface area is 115 Å². The van der Waals surface area contributed by atoms with Gasteiger partial charge in [-0.05, 0) is 18.4 Å². The van der Waals surface area contributed by atoms with E-state index in [9.17, 15) is 0 Å². The smallest absolute Gasteiger partial charge is 0.127 e. The summed E-state index contributed by atoms with van der Waals surface area (Å²) in [5.41, 5.74) is 1.02. The molecule has 1 aromatic carbocycles. The summed E-state index contributed by atoms with van der Waals surface area (Å²) in [7, 11) is 0. The molecule has 0 spiro atoms. The van der Waals surface area contributed by atoms with Crippen molar-refractivity contribution >= 4 is 11.6 Å². The fraction of sp³-hybridized carbons (Fsp3) is 0.600. The van der Waals surface area contributed by atoms with Gasteiger partial charge in [0.2, 0.25) is 0 Å². The Morgan fingerprint density at radius 1 is 1.22 bits per heavy atom. The average molecular weight is 271 g/mol. The first kappa shape index (κ1) is 15.2. The van der Waals surface area contributed by atoms with Crippen molar-refractivity contribution < 1.29 is 9.47 Å². The molecule has 102 valence electrons. The molecule has 0 fully saturated rings. The average Bonchev–Trinajstić information content (AvgIpc) is 2.42. The minimum Gasteiger partial charge on any atom is -0.493 e. The van der Waals surface area contributed by atoms with Crippen molar-refractivity contribution in [3.8, 4) is 11.5 Å². The van der Waals surface area contributed by atoms with Gasteiger partial charge in [0.05, 0.1) is 19.1 Å². The zero-order chi connectivity index (χ0) is 13.4. The standard InChI is InChI=1S/C15H23ClO2/c1-4-8-17-14-7-6-13(10-16)15(9-14)18-11-12(3)5-2/h6-7,9,12H,4-5,8,10-11H2,1-3H3. The van der Waals surface area contributed by atoms with E-state index in [-0.39, 0.29) is 0 Å². The normalized spacial score (nSPS) is 12.2. The number of ether oxygens (including phenoxy) is 2. The van der Waals surface area contributed by atoms with Crippen LogP contribution in [-0.4, -0.2) is 13.2 Å². The molecule has 0 aliphatic rings. The molecule has 2 nitrogen and oxygen atoms in total. The van der Waals surface area contributed by atoms with Crippen molar-refractivity contribution in [3.63, 3.8) is 0 Å². The molecule has 3 heteroatoms. The van der Waals surface area contributed by atoms with E-state index in [1.165, 1.54) is 0 Å². The van der Waals surface area contributed by atoms with Gasteiger partial charge in [-0.1, -0.05) is 33.3 Å². The minimum absolute atomic E-state index is 0.462. The number of hydrogen-bond donors (Lipinski definition) is 0. The molecule has 1 unspecified atom stereocenters. The number of alkyl halides is 1. The summed E-state index contributed by atoms with van der Waals surface area (Å²) in [6.07, 6.45) is 2.11. The molecule has 0 aliphatic heterocycles. The third-order valence-electron chi connectivity index (χ3n) is 2.88. The Morgan fingerprint density at radius 3 is 2.61 bits per heavy atom. The van der Waals surface area contributed by atoms with E-state index in [0.29, 0.717) is 11.8 Å². The summed E-state index contributed by atoms with van der Waals surface area (Å²) in [5, 5.41) is 0. The van der Waals surface area contributed by atoms with E-state index in [1.54, 1.807) is 0 Å². The molecule has 0 aliphatic carbocycles. The molecular weight excluding hydrogens is 248 g/mol. The third-order valence-corrected chi connectivity index (χ3v) is 3.16. The monoisotopic (exact) mass is 270 g/mol. The Balaban J connectivity index is 2.71. The quantitative estimate of drug-likeness (QED) is 0.641. The van der Waals surface area contributed by atoms with Gasteiger partial charge in [-0.15, -0.1) is 11.6 Å². The van der Waals surface area contributed by atoms with Gasteiger partial charge in [0.15, 0.2) is 0 Å². The highest BCUT2D eigenvalue weighted by Crippen LogP contribution is 2.27. The molecule has 0 N–H and O–H groups in total. The van der Waals surface area contributed by atoms with Crippen LogP contribution >= 0.6 is 11.6 Å². The minimum atomic E-state index is 0.462. The Morgan fingerprint density at radius 2 is 2.00 bits per heavy atom. The lowest BCUT2D eigenvalue weighted by Crippen LogP contribution is -2.08. The van der Waals surface area contributed by atoms with Crippen LogP contribution < -0.4 is 9.47 Å². The largest absolute Gasteiger partial charge is 0.493 e. The van der Waals surface area contributed by atoms with E-state index in [0.717, 1.165) is 43.1 Å². The first-order valence-corrected chi connectivity index (χ1v) is 7.19. The number of benzene rings is 1. The van der Waals surface area contributed by atoms with Crippen LogP contribution in [-0.2, 0) is 5.88 Å². The van der Waals surface area contributed by atoms with Crippen LogP contribution in [0.4, 0.5) is 0 Å². The van der Waals surface area contributed by atoms with E-state index in [4.69, 9.17) is 21.1 Å². The summed E-state index contributed by atoms with van der Waals surface area (Å²) < 4.78 is 11.4. The Kier molecular flexibility index (Phi) is 6.96. The van der Waals surface area contributed by atoms with Gasteiger partial charge in [-0.3, -0.25) is 0 Å². The maximum Gasteiger partial charge on any atom is 0.127 e. The van der Waals surface area contributed by atoms with E-state index >= 15 is 0 Å². The molecule has 0 bridgehead atoms. The SMILES string of the molecule is CCCOc1ccc(CCl)c(OCC(C)CC)c1. The maximum absolute atomic E-state index is 5.92. The first-order chi connectivity index (χ1) is 8.71. The van der Waals surface area contributed by atoms with Crippen LogP contribution in [0.2, 0.25) is 0 Å². The fourth-order valence-electron chi connectivity index (χ4n) is 1.44. The van der Waals surface area contributed by atoms with Crippen LogP contribution in [0.5, 0.6) is 11.5 Å². The molecule has 0 heterocycles. The van der Waals surface area contributed by atoms with Crippen LogP contribution in [0.1, 0.15) is 39.2 Å². The number of halogens is 1. The maximum atomic E-state index is 5.92. The van der Waals surface area contributed by atoms with Gasteiger partial charge in [0.25, 0.3) is 0 Å². The molecule has 18 heavy (non-hydrogen) atoms. The molecule has 1 atom stereocenters. The summed E-state index contributed by atoms with van der Waals surface area (Å²) in [4.78, 5) is 0. The summed E-state index contributed by atoms with van der Waals surface area (Å²) >= 11 is 5.92. The predicted molar refractivity (Wildman–Crippen MR) is 76.7 cm³/mol. The van der Waals surface area contributed by atoms with E-state index in [2.05, 4.69) is 20.8 Å². The van der Waals surface area contributed by atoms with Gasteiger partial charge in [-0.25, -0.2) is 0 Å². The van der Waals surface area contributed by atoms with Crippen LogP contribution in [0.15, 0.2) is 18.2 Å². The predicted octanol–water partition coefficient (Wildman–Crippen LogP) is 4.64. The summed E-state index contributed by atoms with van der Waals surface area (Å²) in [6.45, 7) is 7.88. The van der Waals surface area contributed by atoms with Crippen molar-refractivity contribution in [2.24, 2.45) is 5.92 Å². The van der Waals surface area contributed by atoms with Gasteiger partial charge in [-0.2, -0.15) is 0 Å². The second-order valence-electron chi connectivity index (χ2n) is 4.58. The van der Waals surface area contributed by atoms with Gasteiger partial charge >= 0.3 is 0 Å². The molecule has 1 aromatic rings. The highest BCUT2D eigenvalue weighted by Gasteiger charge is 2.07. The summed E-state index contributed by atoms with van der Waals surface area (Å²) in [6, 6.07) is 5.86. The van der Waals surface area contributed by atoms with E-state index < -0.39 is 0 Å². The van der Waals surface area contributed by atoms with Crippen molar-refractivity contribution in [1.82, 2.24) is 0 Å². The Hall–Kier alpha value is -0.890. The van der Waals surface area contributed by atoms with Gasteiger partial charge < -0.3 is 9.47 Å². The van der Waals surface area contributed by atoms with Crippen LogP contribution in [0, 0.1) is 5.92 Å². The van der Waals surface area contributed by atoms with Crippen LogP contribution in [0.25, 0.3) is 0 Å². The fourth-order valence-corrected chi connectivity index (χ4v) is 1.66.